The third-order valence-corrected chi connectivity index (χ3v) is 2.57. The molecule has 12 heavy (non-hydrogen) atoms. The molecule has 1 saturated heterocycles. The summed E-state index contributed by atoms with van der Waals surface area (Å²) in [4.78, 5) is 1.10. The number of hydrogen-bond donors (Lipinski definition) is 1. The van der Waals surface area contributed by atoms with Gasteiger partial charge in [0, 0.05) is 4.90 Å². The minimum absolute atomic E-state index is 0.526. The minimum Gasteiger partial charge on any atom is -0.373 e. The van der Waals surface area contributed by atoms with Gasteiger partial charge >= 0.3 is 0 Å². The van der Waals surface area contributed by atoms with Crippen LogP contribution in [0.15, 0.2) is 29.2 Å². The van der Waals surface area contributed by atoms with Gasteiger partial charge in [0.25, 0.3) is 0 Å². The lowest BCUT2D eigenvalue weighted by atomic mass is 10.1. The van der Waals surface area contributed by atoms with Crippen LogP contribution in [0.5, 0.6) is 0 Å². The number of ether oxygens (including phenoxy) is 1. The number of epoxide rings is 1. The van der Waals surface area contributed by atoms with Crippen molar-refractivity contribution in [1.29, 1.82) is 0 Å². The van der Waals surface area contributed by atoms with Crippen molar-refractivity contribution in [3.63, 3.8) is 0 Å². The molecule has 2 rings (SSSR count). The Balaban J connectivity index is 1.96. The molecule has 1 aromatic rings. The van der Waals surface area contributed by atoms with Crippen LogP contribution >= 0.6 is 12.6 Å². The van der Waals surface area contributed by atoms with Crippen molar-refractivity contribution in [2.75, 3.05) is 6.61 Å². The SMILES string of the molecule is Sc1ccccc1CCC1CO1. The topological polar surface area (TPSA) is 12.5 Å². The molecule has 0 bridgehead atoms. The Morgan fingerprint density at radius 1 is 1.42 bits per heavy atom. The van der Waals surface area contributed by atoms with E-state index in [0.29, 0.717) is 6.10 Å². The Kier molecular flexibility index (Phi) is 2.38. The van der Waals surface area contributed by atoms with Crippen LogP contribution < -0.4 is 0 Å². The van der Waals surface area contributed by atoms with E-state index >= 15 is 0 Å². The Bertz CT molecular complexity index is 268. The Morgan fingerprint density at radius 2 is 2.17 bits per heavy atom. The van der Waals surface area contributed by atoms with Crippen molar-refractivity contribution in [2.24, 2.45) is 0 Å². The number of thiol groups is 1. The van der Waals surface area contributed by atoms with Crippen LogP contribution in [-0.4, -0.2) is 12.7 Å². The molecule has 64 valence electrons. The predicted molar refractivity (Wildman–Crippen MR) is 51.8 cm³/mol. The lowest BCUT2D eigenvalue weighted by molar-refractivity contribution is 0.396. The molecular weight excluding hydrogens is 168 g/mol. The first-order chi connectivity index (χ1) is 5.86. The zero-order valence-electron chi connectivity index (χ0n) is 6.86. The first kappa shape index (κ1) is 8.14. The van der Waals surface area contributed by atoms with Crippen LogP contribution in [0.2, 0.25) is 0 Å². The summed E-state index contributed by atoms with van der Waals surface area (Å²) in [5.74, 6) is 0. The highest BCUT2D eigenvalue weighted by Crippen LogP contribution is 2.20. The molecule has 0 spiro atoms. The van der Waals surface area contributed by atoms with Gasteiger partial charge in [-0.15, -0.1) is 12.6 Å². The highest BCUT2D eigenvalue weighted by atomic mass is 32.1. The molecule has 1 nitrogen and oxygen atoms in total. The predicted octanol–water partition coefficient (Wildman–Crippen LogP) is 2.31. The maximum atomic E-state index is 5.15. The zero-order valence-corrected chi connectivity index (χ0v) is 7.76. The van der Waals surface area contributed by atoms with E-state index in [0.717, 1.165) is 24.3 Å². The highest BCUT2D eigenvalue weighted by Gasteiger charge is 2.21. The smallest absolute Gasteiger partial charge is 0.0813 e. The van der Waals surface area contributed by atoms with Crippen LogP contribution in [0.3, 0.4) is 0 Å². The van der Waals surface area contributed by atoms with Gasteiger partial charge in [0.05, 0.1) is 12.7 Å². The summed E-state index contributed by atoms with van der Waals surface area (Å²) in [6, 6.07) is 8.24. The molecule has 0 saturated carbocycles. The average Bonchev–Trinajstić information content (AvgIpc) is 2.86. The van der Waals surface area contributed by atoms with Gasteiger partial charge in [0.1, 0.15) is 0 Å². The summed E-state index contributed by atoms with van der Waals surface area (Å²) in [7, 11) is 0. The lowest BCUT2D eigenvalue weighted by Crippen LogP contribution is -1.91. The molecule has 0 aliphatic carbocycles. The van der Waals surface area contributed by atoms with Gasteiger partial charge in [-0.05, 0) is 24.5 Å². The van der Waals surface area contributed by atoms with Crippen molar-refractivity contribution in [2.45, 2.75) is 23.8 Å². The summed E-state index contributed by atoms with van der Waals surface area (Å²) in [6.45, 7) is 0.953. The normalized spacial score (nSPS) is 20.9. The fourth-order valence-corrected chi connectivity index (χ4v) is 1.55. The largest absolute Gasteiger partial charge is 0.373 e. The summed E-state index contributed by atoms with van der Waals surface area (Å²) in [5.41, 5.74) is 1.33. The number of rotatable bonds is 3. The van der Waals surface area contributed by atoms with Crippen molar-refractivity contribution >= 4 is 12.6 Å². The Labute approximate surface area is 78.2 Å². The number of benzene rings is 1. The van der Waals surface area contributed by atoms with Gasteiger partial charge in [0.15, 0.2) is 0 Å². The maximum absolute atomic E-state index is 5.15. The molecule has 1 aliphatic heterocycles. The lowest BCUT2D eigenvalue weighted by Gasteiger charge is -2.01. The van der Waals surface area contributed by atoms with Crippen LogP contribution in [0.1, 0.15) is 12.0 Å². The van der Waals surface area contributed by atoms with Crippen LogP contribution in [0.25, 0.3) is 0 Å². The molecular formula is C10H12OS. The third kappa shape index (κ3) is 2.02. The molecule has 0 radical (unpaired) electrons. The van der Waals surface area contributed by atoms with E-state index in [1.54, 1.807) is 0 Å². The van der Waals surface area contributed by atoms with Crippen molar-refractivity contribution < 1.29 is 4.74 Å². The minimum atomic E-state index is 0.526. The van der Waals surface area contributed by atoms with Gasteiger partial charge in [-0.25, -0.2) is 0 Å². The molecule has 1 atom stereocenters. The van der Waals surface area contributed by atoms with E-state index in [9.17, 15) is 0 Å². The second kappa shape index (κ2) is 3.50. The van der Waals surface area contributed by atoms with Gasteiger partial charge < -0.3 is 4.74 Å². The van der Waals surface area contributed by atoms with E-state index in [2.05, 4.69) is 24.8 Å². The fourth-order valence-electron chi connectivity index (χ4n) is 1.27. The van der Waals surface area contributed by atoms with E-state index in [1.807, 2.05) is 12.1 Å². The Morgan fingerprint density at radius 3 is 2.83 bits per heavy atom. The molecule has 0 aromatic heterocycles. The van der Waals surface area contributed by atoms with Crippen LogP contribution in [0.4, 0.5) is 0 Å². The molecule has 0 amide bonds. The standard InChI is InChI=1S/C10H12OS/c12-10-4-2-1-3-8(10)5-6-9-7-11-9/h1-4,9,12H,5-7H2. The number of hydrogen-bond acceptors (Lipinski definition) is 2. The average molecular weight is 180 g/mol. The van der Waals surface area contributed by atoms with E-state index in [-0.39, 0.29) is 0 Å². The van der Waals surface area contributed by atoms with Gasteiger partial charge in [-0.1, -0.05) is 18.2 Å². The number of aryl methyl sites for hydroxylation is 1. The van der Waals surface area contributed by atoms with Crippen LogP contribution in [0, 0.1) is 0 Å². The second-order valence-corrected chi connectivity index (χ2v) is 3.60. The molecule has 1 heterocycles. The molecule has 1 unspecified atom stereocenters. The molecule has 1 aromatic carbocycles. The van der Waals surface area contributed by atoms with E-state index in [4.69, 9.17) is 4.74 Å². The van der Waals surface area contributed by atoms with E-state index in [1.165, 1.54) is 5.56 Å². The summed E-state index contributed by atoms with van der Waals surface area (Å²) in [5, 5.41) is 0. The third-order valence-electron chi connectivity index (χ3n) is 2.13. The first-order valence-electron chi connectivity index (χ1n) is 4.25. The van der Waals surface area contributed by atoms with Crippen LogP contribution in [-0.2, 0) is 11.2 Å². The second-order valence-electron chi connectivity index (χ2n) is 3.12. The Hall–Kier alpha value is -0.470. The molecule has 1 aliphatic rings. The van der Waals surface area contributed by atoms with Gasteiger partial charge in [-0.3, -0.25) is 0 Å². The van der Waals surface area contributed by atoms with Crippen molar-refractivity contribution in [3.05, 3.63) is 29.8 Å². The fraction of sp³-hybridized carbons (Fsp3) is 0.400. The molecule has 0 N–H and O–H groups in total. The summed E-state index contributed by atoms with van der Waals surface area (Å²) >= 11 is 4.38. The first-order valence-corrected chi connectivity index (χ1v) is 4.69. The van der Waals surface area contributed by atoms with Crippen molar-refractivity contribution in [1.82, 2.24) is 0 Å². The van der Waals surface area contributed by atoms with Crippen molar-refractivity contribution in [3.8, 4) is 0 Å². The van der Waals surface area contributed by atoms with Gasteiger partial charge in [0.2, 0.25) is 0 Å². The summed E-state index contributed by atoms with van der Waals surface area (Å²) in [6.07, 6.45) is 2.75. The van der Waals surface area contributed by atoms with E-state index < -0.39 is 0 Å². The summed E-state index contributed by atoms with van der Waals surface area (Å²) < 4.78 is 5.15. The highest BCUT2D eigenvalue weighted by molar-refractivity contribution is 7.80. The monoisotopic (exact) mass is 180 g/mol. The molecule has 2 heteroatoms. The van der Waals surface area contributed by atoms with Gasteiger partial charge in [-0.2, -0.15) is 0 Å². The zero-order chi connectivity index (χ0) is 8.39. The maximum Gasteiger partial charge on any atom is 0.0813 e. The quantitative estimate of drug-likeness (QED) is 0.556. The molecule has 1 fully saturated rings.